The predicted molar refractivity (Wildman–Crippen MR) is 139 cm³/mol. The van der Waals surface area contributed by atoms with E-state index in [-0.39, 0.29) is 6.61 Å². The highest BCUT2D eigenvalue weighted by molar-refractivity contribution is 5.78. The average Bonchev–Trinajstić information content (AvgIpc) is 2.86. The Morgan fingerprint density at radius 1 is 0.811 bits per heavy atom. The first-order chi connectivity index (χ1) is 17.7. The van der Waals surface area contributed by atoms with Gasteiger partial charge in [-0.25, -0.2) is 4.79 Å². The van der Waals surface area contributed by atoms with Crippen LogP contribution in [0.5, 0.6) is 11.5 Å². The van der Waals surface area contributed by atoms with Gasteiger partial charge in [-0.2, -0.15) is 8.78 Å². The third-order valence-electron chi connectivity index (χ3n) is 5.75. The number of hydrogen-bond donors (Lipinski definition) is 0. The largest absolute Gasteiger partial charge is 0.491 e. The number of alkyl halides is 2. The minimum atomic E-state index is -3.57. The van der Waals surface area contributed by atoms with Crippen LogP contribution in [0.15, 0.2) is 60.7 Å². The van der Waals surface area contributed by atoms with Crippen molar-refractivity contribution in [1.82, 2.24) is 0 Å². The van der Waals surface area contributed by atoms with Crippen LogP contribution in [0.25, 0.3) is 11.1 Å². The van der Waals surface area contributed by atoms with Crippen molar-refractivity contribution in [2.24, 2.45) is 0 Å². The molecule has 198 valence electrons. The van der Waals surface area contributed by atoms with Crippen molar-refractivity contribution in [1.29, 1.82) is 0 Å². The van der Waals surface area contributed by atoms with Crippen molar-refractivity contribution < 1.29 is 32.5 Å². The molecule has 5 nitrogen and oxygen atoms in total. The van der Waals surface area contributed by atoms with Gasteiger partial charge in [0.05, 0.1) is 13.2 Å². The number of aryl methyl sites for hydroxylation is 2. The lowest BCUT2D eigenvalue weighted by atomic mass is 9.94. The summed E-state index contributed by atoms with van der Waals surface area (Å²) in [5, 5.41) is 0. The fourth-order valence-electron chi connectivity index (χ4n) is 4.08. The molecule has 0 atom stereocenters. The summed E-state index contributed by atoms with van der Waals surface area (Å²) in [5.41, 5.74) is 5.74. The van der Waals surface area contributed by atoms with Gasteiger partial charge in [0, 0.05) is 13.0 Å². The maximum Gasteiger partial charge on any atom is 0.377 e. The molecule has 0 saturated carbocycles. The molecule has 0 aliphatic carbocycles. The highest BCUT2D eigenvalue weighted by Crippen LogP contribution is 2.32. The number of rotatable bonds is 13. The van der Waals surface area contributed by atoms with E-state index in [9.17, 15) is 13.6 Å². The molecule has 0 aliphatic heterocycles. The summed E-state index contributed by atoms with van der Waals surface area (Å²) < 4.78 is 49.5. The highest BCUT2D eigenvalue weighted by Gasteiger charge is 2.40. The maximum atomic E-state index is 14.0. The summed E-state index contributed by atoms with van der Waals surface area (Å²) in [7, 11) is 0. The first-order valence-corrected chi connectivity index (χ1v) is 12.4. The third kappa shape index (κ3) is 8.02. The molecule has 0 radical (unpaired) electrons. The molecule has 0 unspecified atom stereocenters. The van der Waals surface area contributed by atoms with Crippen molar-refractivity contribution in [2.45, 2.75) is 46.6 Å². The number of carbonyl (C=O) groups excluding carboxylic acids is 1. The fraction of sp³-hybridized carbons (Fsp3) is 0.367. The topological polar surface area (TPSA) is 54.0 Å². The summed E-state index contributed by atoms with van der Waals surface area (Å²) in [6.07, 6.45) is -0.719. The van der Waals surface area contributed by atoms with Gasteiger partial charge in [0.25, 0.3) is 0 Å². The molecule has 0 aliphatic rings. The monoisotopic (exact) mass is 512 g/mol. The minimum Gasteiger partial charge on any atom is -0.491 e. The molecule has 7 heteroatoms. The zero-order valence-corrected chi connectivity index (χ0v) is 21.8. The zero-order chi connectivity index (χ0) is 26.8. The summed E-state index contributed by atoms with van der Waals surface area (Å²) in [6.45, 7) is 9.55. The predicted octanol–water partition coefficient (Wildman–Crippen LogP) is 6.71. The van der Waals surface area contributed by atoms with E-state index in [0.29, 0.717) is 37.7 Å². The number of halogens is 2. The lowest BCUT2D eigenvalue weighted by molar-refractivity contribution is -0.171. The summed E-state index contributed by atoms with van der Waals surface area (Å²) in [5.74, 6) is -3.71. The number of carbonyl (C=O) groups is 1. The lowest BCUT2D eigenvalue weighted by Crippen LogP contribution is -2.33. The van der Waals surface area contributed by atoms with Gasteiger partial charge < -0.3 is 18.9 Å². The van der Waals surface area contributed by atoms with Crippen LogP contribution in [0.4, 0.5) is 8.78 Å². The zero-order valence-electron chi connectivity index (χ0n) is 21.8. The van der Waals surface area contributed by atoms with Gasteiger partial charge in [0.15, 0.2) is 0 Å². The highest BCUT2D eigenvalue weighted by atomic mass is 19.3. The molecule has 3 rings (SSSR count). The molecule has 0 amide bonds. The van der Waals surface area contributed by atoms with Crippen molar-refractivity contribution in [3.05, 3.63) is 82.9 Å². The minimum absolute atomic E-state index is 0.0871. The van der Waals surface area contributed by atoms with Crippen LogP contribution in [-0.2, 0) is 27.3 Å². The summed E-state index contributed by atoms with van der Waals surface area (Å²) >= 11 is 0. The van der Waals surface area contributed by atoms with E-state index in [1.807, 2.05) is 31.2 Å². The maximum absolute atomic E-state index is 14.0. The van der Waals surface area contributed by atoms with Crippen LogP contribution in [0.2, 0.25) is 0 Å². The first-order valence-electron chi connectivity index (χ1n) is 12.4. The van der Waals surface area contributed by atoms with Crippen LogP contribution < -0.4 is 9.47 Å². The van der Waals surface area contributed by atoms with Gasteiger partial charge in [-0.1, -0.05) is 30.3 Å². The van der Waals surface area contributed by atoms with Crippen molar-refractivity contribution in [3.8, 4) is 22.6 Å². The van der Waals surface area contributed by atoms with Crippen molar-refractivity contribution in [3.63, 3.8) is 0 Å². The molecule has 3 aromatic carbocycles. The van der Waals surface area contributed by atoms with E-state index in [2.05, 4.69) is 30.7 Å². The Bertz CT molecular complexity index is 1150. The molecule has 0 saturated heterocycles. The van der Waals surface area contributed by atoms with Gasteiger partial charge in [-0.05, 0) is 91.4 Å². The Kier molecular flexibility index (Phi) is 10.0. The molecule has 37 heavy (non-hydrogen) atoms. The van der Waals surface area contributed by atoms with Crippen LogP contribution in [-0.4, -0.2) is 38.3 Å². The van der Waals surface area contributed by atoms with E-state index in [0.717, 1.165) is 33.6 Å². The van der Waals surface area contributed by atoms with Crippen molar-refractivity contribution >= 4 is 5.97 Å². The Hall–Kier alpha value is -3.45. The quantitative estimate of drug-likeness (QED) is 0.188. The van der Waals surface area contributed by atoms with E-state index in [1.165, 1.54) is 19.1 Å². The van der Waals surface area contributed by atoms with E-state index in [1.54, 1.807) is 12.1 Å². The van der Waals surface area contributed by atoms with Gasteiger partial charge in [0.1, 0.15) is 24.7 Å². The van der Waals surface area contributed by atoms with E-state index in [4.69, 9.17) is 14.2 Å². The first kappa shape index (κ1) is 28.1. The summed E-state index contributed by atoms with van der Waals surface area (Å²) in [4.78, 5) is 11.4. The van der Waals surface area contributed by atoms with Crippen LogP contribution >= 0.6 is 0 Å². The number of esters is 1. The van der Waals surface area contributed by atoms with Crippen LogP contribution in [0, 0.1) is 13.8 Å². The molecule has 0 spiro atoms. The van der Waals surface area contributed by atoms with Gasteiger partial charge >= 0.3 is 11.9 Å². The molecule has 0 N–H and O–H groups in total. The molecular formula is C30H34F2O5. The van der Waals surface area contributed by atoms with Crippen molar-refractivity contribution in [2.75, 3.05) is 26.4 Å². The Morgan fingerprint density at radius 2 is 1.51 bits per heavy atom. The molecule has 3 aromatic rings. The van der Waals surface area contributed by atoms with E-state index >= 15 is 0 Å². The second-order valence-corrected chi connectivity index (χ2v) is 8.71. The van der Waals surface area contributed by atoms with Crippen LogP contribution in [0.1, 0.15) is 36.1 Å². The van der Waals surface area contributed by atoms with Crippen LogP contribution in [0.3, 0.4) is 0 Å². The lowest BCUT2D eigenvalue weighted by Gasteiger charge is -2.15. The standard InChI is InChI=1S/C30H34F2O5/c1-5-34-14-15-36-27-16-21(3)28(22(4)17-27)25-9-7-8-24(18-25)20-37-26-12-10-23(11-13-26)19-30(31,32)29(33)35-6-2/h7-13,16-18H,5-6,14-15,19-20H2,1-4H3. The number of benzene rings is 3. The Morgan fingerprint density at radius 3 is 2.16 bits per heavy atom. The Balaban J connectivity index is 1.64. The molecule has 0 heterocycles. The number of ether oxygens (including phenoxy) is 4. The molecular weight excluding hydrogens is 478 g/mol. The second-order valence-electron chi connectivity index (χ2n) is 8.71. The van der Waals surface area contributed by atoms with Gasteiger partial charge in [-0.15, -0.1) is 0 Å². The molecule has 0 aromatic heterocycles. The SMILES string of the molecule is CCOCCOc1cc(C)c(-c2cccc(COc3ccc(CC(F)(F)C(=O)OCC)cc3)c2)c(C)c1. The second kappa shape index (κ2) is 13.2. The third-order valence-corrected chi connectivity index (χ3v) is 5.75. The fourth-order valence-corrected chi connectivity index (χ4v) is 4.08. The van der Waals surface area contributed by atoms with Gasteiger partial charge in [-0.3, -0.25) is 0 Å². The Labute approximate surface area is 217 Å². The average molecular weight is 513 g/mol. The van der Waals surface area contributed by atoms with Gasteiger partial charge in [0.2, 0.25) is 0 Å². The normalized spacial score (nSPS) is 11.3. The summed E-state index contributed by atoms with van der Waals surface area (Å²) in [6, 6.07) is 18.5. The van der Waals surface area contributed by atoms with E-state index < -0.39 is 18.3 Å². The molecule has 0 bridgehead atoms. The number of hydrogen-bond acceptors (Lipinski definition) is 5. The smallest absolute Gasteiger partial charge is 0.377 e. The molecule has 0 fully saturated rings.